The molecule has 0 aliphatic carbocycles. The summed E-state index contributed by atoms with van der Waals surface area (Å²) < 4.78 is 1.78. The summed E-state index contributed by atoms with van der Waals surface area (Å²) in [5.74, 6) is 1.76. The Labute approximate surface area is 93.9 Å². The van der Waals surface area contributed by atoms with Crippen molar-refractivity contribution in [3.05, 3.63) is 30.1 Å². The number of nitrogens with two attached hydrogens (primary N) is 1. The largest absolute Gasteiger partial charge is 0.321 e. The van der Waals surface area contributed by atoms with Gasteiger partial charge in [-0.25, -0.2) is 4.98 Å². The van der Waals surface area contributed by atoms with E-state index in [1.165, 1.54) is 0 Å². The molecular weight excluding hydrogens is 204 g/mol. The van der Waals surface area contributed by atoms with E-state index in [1.807, 2.05) is 26.1 Å². The molecule has 0 aromatic carbocycles. The van der Waals surface area contributed by atoms with Crippen LogP contribution in [-0.4, -0.2) is 25.0 Å². The number of aromatic nitrogens is 5. The Morgan fingerprint density at radius 1 is 1.50 bits per heavy atom. The quantitative estimate of drug-likeness (QED) is 0.794. The van der Waals surface area contributed by atoms with Crippen LogP contribution in [0.4, 0.5) is 0 Å². The van der Waals surface area contributed by atoms with Crippen molar-refractivity contribution in [2.45, 2.75) is 26.4 Å². The van der Waals surface area contributed by atoms with Crippen molar-refractivity contribution in [1.29, 1.82) is 0 Å². The van der Waals surface area contributed by atoms with Gasteiger partial charge in [0.15, 0.2) is 5.82 Å². The van der Waals surface area contributed by atoms with Gasteiger partial charge in [0.25, 0.3) is 0 Å². The molecule has 86 valence electrons. The summed E-state index contributed by atoms with van der Waals surface area (Å²) in [5.41, 5.74) is 5.96. The minimum atomic E-state index is -0.123. The van der Waals surface area contributed by atoms with E-state index in [0.717, 1.165) is 5.82 Å². The molecule has 2 aromatic heterocycles. The molecule has 0 unspecified atom stereocenters. The Morgan fingerprint density at radius 2 is 2.31 bits per heavy atom. The molecule has 6 heteroatoms. The van der Waals surface area contributed by atoms with Crippen LogP contribution in [-0.2, 0) is 6.54 Å². The Bertz CT molecular complexity index is 430. The molecule has 2 heterocycles. The summed E-state index contributed by atoms with van der Waals surface area (Å²) in [7, 11) is 0. The van der Waals surface area contributed by atoms with Gasteiger partial charge in [-0.15, -0.1) is 0 Å². The van der Waals surface area contributed by atoms with Crippen LogP contribution in [0.25, 0.3) is 0 Å². The molecule has 6 nitrogen and oxygen atoms in total. The van der Waals surface area contributed by atoms with Crippen molar-refractivity contribution in [1.82, 2.24) is 25.0 Å². The topological polar surface area (TPSA) is 85.4 Å². The number of aromatic amines is 1. The number of hydrogen-bond donors (Lipinski definition) is 2. The molecule has 0 aliphatic heterocycles. The maximum Gasteiger partial charge on any atom is 0.167 e. The SMILES string of the molecule is CC(C)[C@H](N)c1n[nH]c(Cn2cccn2)n1. The lowest BCUT2D eigenvalue weighted by atomic mass is 10.1. The maximum absolute atomic E-state index is 5.96. The fraction of sp³-hybridized carbons (Fsp3) is 0.500. The summed E-state index contributed by atoms with van der Waals surface area (Å²) in [6.07, 6.45) is 3.61. The van der Waals surface area contributed by atoms with Crippen LogP contribution in [0.3, 0.4) is 0 Å². The Balaban J connectivity index is 2.08. The first kappa shape index (κ1) is 10.8. The lowest BCUT2D eigenvalue weighted by molar-refractivity contribution is 0.491. The van der Waals surface area contributed by atoms with E-state index in [1.54, 1.807) is 10.9 Å². The van der Waals surface area contributed by atoms with Gasteiger partial charge in [-0.2, -0.15) is 10.2 Å². The zero-order valence-electron chi connectivity index (χ0n) is 9.46. The van der Waals surface area contributed by atoms with Gasteiger partial charge in [0, 0.05) is 12.4 Å². The normalized spacial score (nSPS) is 13.2. The van der Waals surface area contributed by atoms with Gasteiger partial charge in [0.1, 0.15) is 12.4 Å². The first-order valence-electron chi connectivity index (χ1n) is 5.31. The minimum Gasteiger partial charge on any atom is -0.321 e. The van der Waals surface area contributed by atoms with Crippen molar-refractivity contribution >= 4 is 0 Å². The highest BCUT2D eigenvalue weighted by atomic mass is 15.3. The number of hydrogen-bond acceptors (Lipinski definition) is 4. The summed E-state index contributed by atoms with van der Waals surface area (Å²) >= 11 is 0. The zero-order chi connectivity index (χ0) is 11.5. The number of H-pyrrole nitrogens is 1. The second-order valence-electron chi connectivity index (χ2n) is 4.11. The van der Waals surface area contributed by atoms with Gasteiger partial charge in [-0.05, 0) is 12.0 Å². The van der Waals surface area contributed by atoms with E-state index in [4.69, 9.17) is 5.73 Å². The average molecular weight is 220 g/mol. The second-order valence-corrected chi connectivity index (χ2v) is 4.11. The number of rotatable bonds is 4. The fourth-order valence-electron chi connectivity index (χ4n) is 1.38. The molecule has 1 atom stereocenters. The zero-order valence-corrected chi connectivity index (χ0v) is 9.46. The van der Waals surface area contributed by atoms with Crippen molar-refractivity contribution in [2.75, 3.05) is 0 Å². The van der Waals surface area contributed by atoms with Gasteiger partial charge in [-0.3, -0.25) is 9.78 Å². The third kappa shape index (κ3) is 2.27. The van der Waals surface area contributed by atoms with Crippen molar-refractivity contribution < 1.29 is 0 Å². The minimum absolute atomic E-state index is 0.123. The standard InChI is InChI=1S/C10H16N6/c1-7(2)9(11)10-13-8(14-15-10)6-16-5-3-4-12-16/h3-5,7,9H,6,11H2,1-2H3,(H,13,14,15)/t9-/m0/s1. The number of nitrogens with zero attached hydrogens (tertiary/aromatic N) is 4. The fourth-order valence-corrected chi connectivity index (χ4v) is 1.38. The first-order chi connectivity index (χ1) is 7.66. The molecule has 3 N–H and O–H groups in total. The van der Waals surface area contributed by atoms with Crippen molar-refractivity contribution in [3.8, 4) is 0 Å². The predicted molar refractivity (Wildman–Crippen MR) is 59.5 cm³/mol. The molecule has 0 aliphatic rings. The Hall–Kier alpha value is -1.69. The molecule has 0 radical (unpaired) electrons. The second kappa shape index (κ2) is 4.44. The third-order valence-electron chi connectivity index (χ3n) is 2.44. The molecule has 0 saturated carbocycles. The molecule has 0 spiro atoms. The highest BCUT2D eigenvalue weighted by Gasteiger charge is 2.15. The molecule has 2 rings (SSSR count). The van der Waals surface area contributed by atoms with Crippen molar-refractivity contribution in [3.63, 3.8) is 0 Å². The first-order valence-corrected chi connectivity index (χ1v) is 5.31. The van der Waals surface area contributed by atoms with Gasteiger partial charge < -0.3 is 5.73 Å². The van der Waals surface area contributed by atoms with Crippen LogP contribution < -0.4 is 5.73 Å². The van der Waals surface area contributed by atoms with Gasteiger partial charge in [-0.1, -0.05) is 13.8 Å². The molecule has 2 aromatic rings. The lowest BCUT2D eigenvalue weighted by Gasteiger charge is -2.10. The highest BCUT2D eigenvalue weighted by Crippen LogP contribution is 2.14. The van der Waals surface area contributed by atoms with Crippen LogP contribution in [0.5, 0.6) is 0 Å². The van der Waals surface area contributed by atoms with E-state index in [2.05, 4.69) is 20.3 Å². The van der Waals surface area contributed by atoms with Crippen LogP contribution in [0.15, 0.2) is 18.5 Å². The molecule has 0 amide bonds. The molecule has 0 bridgehead atoms. The van der Waals surface area contributed by atoms with E-state index >= 15 is 0 Å². The molecule has 0 fully saturated rings. The maximum atomic E-state index is 5.96. The highest BCUT2D eigenvalue weighted by molar-refractivity contribution is 4.97. The van der Waals surface area contributed by atoms with Crippen LogP contribution >= 0.6 is 0 Å². The van der Waals surface area contributed by atoms with Crippen molar-refractivity contribution in [2.24, 2.45) is 11.7 Å². The summed E-state index contributed by atoms with van der Waals surface area (Å²) in [4.78, 5) is 4.35. The Kier molecular flexibility index (Phi) is 3.00. The van der Waals surface area contributed by atoms with Crippen LogP contribution in [0, 0.1) is 5.92 Å². The van der Waals surface area contributed by atoms with Gasteiger partial charge in [0.05, 0.1) is 6.04 Å². The smallest absolute Gasteiger partial charge is 0.167 e. The summed E-state index contributed by atoms with van der Waals surface area (Å²) in [5, 5.41) is 11.1. The van der Waals surface area contributed by atoms with Gasteiger partial charge >= 0.3 is 0 Å². The van der Waals surface area contributed by atoms with E-state index < -0.39 is 0 Å². The van der Waals surface area contributed by atoms with E-state index in [9.17, 15) is 0 Å². The number of nitrogens with one attached hydrogen (secondary N) is 1. The molecule has 0 saturated heterocycles. The van der Waals surface area contributed by atoms with Crippen LogP contribution in [0.2, 0.25) is 0 Å². The summed E-state index contributed by atoms with van der Waals surface area (Å²) in [6, 6.07) is 1.75. The molecular formula is C10H16N6. The third-order valence-corrected chi connectivity index (χ3v) is 2.44. The van der Waals surface area contributed by atoms with Crippen LogP contribution in [0.1, 0.15) is 31.5 Å². The monoisotopic (exact) mass is 220 g/mol. The molecule has 16 heavy (non-hydrogen) atoms. The Morgan fingerprint density at radius 3 is 2.94 bits per heavy atom. The summed E-state index contributed by atoms with van der Waals surface area (Å²) in [6.45, 7) is 4.69. The lowest BCUT2D eigenvalue weighted by Crippen LogP contribution is -2.18. The predicted octanol–water partition coefficient (Wildman–Crippen LogP) is 0.705. The van der Waals surface area contributed by atoms with E-state index in [0.29, 0.717) is 18.3 Å². The van der Waals surface area contributed by atoms with E-state index in [-0.39, 0.29) is 6.04 Å². The average Bonchev–Trinajstić information content (AvgIpc) is 2.88. The van der Waals surface area contributed by atoms with Gasteiger partial charge in [0.2, 0.25) is 0 Å².